The number of carbonyl (C=O) groups is 3. The third-order valence-electron chi connectivity index (χ3n) is 6.02. The van der Waals surface area contributed by atoms with Crippen LogP contribution in [-0.2, 0) is 33.7 Å². The highest BCUT2D eigenvalue weighted by atomic mass is 32.2. The van der Waals surface area contributed by atoms with Crippen LogP contribution in [0.1, 0.15) is 49.0 Å². The standard InChI is InChI=1S/C24H26N2O9S/c27-22(26-19-3-1-2-18(25-19)20(23(28)29)24(30)31)21(35-15-10-12-34-13-11-15)14-4-6-16(7-5-14)36(32,33)17-8-9-17/h1-7,15,17,20-21H,8-13H2,(H,28,29)(H,30,31)(H,25,26,27). The van der Waals surface area contributed by atoms with E-state index in [1.54, 1.807) is 0 Å². The number of nitrogens with one attached hydrogen (secondary N) is 1. The van der Waals surface area contributed by atoms with E-state index >= 15 is 0 Å². The minimum atomic E-state index is -3.40. The topological polar surface area (TPSA) is 169 Å². The minimum absolute atomic E-state index is 0.0430. The van der Waals surface area contributed by atoms with E-state index in [1.807, 2.05) is 0 Å². The number of pyridine rings is 1. The van der Waals surface area contributed by atoms with Gasteiger partial charge in [-0.2, -0.15) is 0 Å². The van der Waals surface area contributed by atoms with Crippen LogP contribution in [0.5, 0.6) is 0 Å². The second kappa shape index (κ2) is 10.7. The Kier molecular flexibility index (Phi) is 7.67. The van der Waals surface area contributed by atoms with E-state index in [9.17, 15) is 33.0 Å². The second-order valence-corrected chi connectivity index (χ2v) is 10.9. The summed E-state index contributed by atoms with van der Waals surface area (Å²) in [4.78, 5) is 40.2. The molecule has 1 unspecified atom stereocenters. The summed E-state index contributed by atoms with van der Waals surface area (Å²) in [6.45, 7) is 0.958. The molecule has 1 aliphatic carbocycles. The molecule has 2 aromatic rings. The van der Waals surface area contributed by atoms with Gasteiger partial charge in [-0.1, -0.05) is 18.2 Å². The average molecular weight is 519 g/mol. The summed E-state index contributed by atoms with van der Waals surface area (Å²) in [5, 5.41) is 20.7. The largest absolute Gasteiger partial charge is 0.480 e. The summed E-state index contributed by atoms with van der Waals surface area (Å²) in [6.07, 6.45) is 1.03. The van der Waals surface area contributed by atoms with Crippen LogP contribution in [0.2, 0.25) is 0 Å². The van der Waals surface area contributed by atoms with E-state index < -0.39 is 39.7 Å². The first kappa shape index (κ1) is 25.7. The molecular weight excluding hydrogens is 492 g/mol. The van der Waals surface area contributed by atoms with Crippen molar-refractivity contribution < 1.29 is 42.5 Å². The van der Waals surface area contributed by atoms with E-state index in [2.05, 4.69) is 10.3 Å². The molecular formula is C24H26N2O9S. The van der Waals surface area contributed by atoms with Gasteiger partial charge in [-0.05, 0) is 55.5 Å². The predicted molar refractivity (Wildman–Crippen MR) is 125 cm³/mol. The second-order valence-electron chi connectivity index (χ2n) is 8.69. The molecule has 1 aromatic carbocycles. The molecule has 1 amide bonds. The first-order chi connectivity index (χ1) is 17.2. The van der Waals surface area contributed by atoms with Crippen LogP contribution in [0.3, 0.4) is 0 Å². The summed E-state index contributed by atoms with van der Waals surface area (Å²) in [5.41, 5.74) is 0.183. The first-order valence-corrected chi connectivity index (χ1v) is 13.0. The Morgan fingerprint density at radius 2 is 1.61 bits per heavy atom. The summed E-state index contributed by atoms with van der Waals surface area (Å²) < 4.78 is 36.5. The monoisotopic (exact) mass is 518 g/mol. The average Bonchev–Trinajstić information content (AvgIpc) is 3.69. The number of sulfone groups is 1. The van der Waals surface area contributed by atoms with Crippen molar-refractivity contribution in [1.82, 2.24) is 4.98 Å². The molecule has 12 heteroatoms. The van der Waals surface area contributed by atoms with Crippen molar-refractivity contribution in [2.24, 2.45) is 0 Å². The number of carboxylic acid groups (broad SMARTS) is 2. The van der Waals surface area contributed by atoms with E-state index in [0.29, 0.717) is 44.5 Å². The maximum atomic E-state index is 13.3. The molecule has 2 aliphatic rings. The van der Waals surface area contributed by atoms with Crippen molar-refractivity contribution >= 4 is 33.5 Å². The van der Waals surface area contributed by atoms with Gasteiger partial charge in [-0.3, -0.25) is 14.4 Å². The minimum Gasteiger partial charge on any atom is -0.480 e. The van der Waals surface area contributed by atoms with E-state index in [0.717, 1.165) is 0 Å². The van der Waals surface area contributed by atoms with Crippen molar-refractivity contribution in [3.63, 3.8) is 0 Å². The lowest BCUT2D eigenvalue weighted by Gasteiger charge is -2.27. The van der Waals surface area contributed by atoms with Gasteiger partial charge in [-0.15, -0.1) is 0 Å². The lowest BCUT2D eigenvalue weighted by atomic mass is 10.1. The number of carbonyl (C=O) groups excluding carboxylic acids is 1. The highest BCUT2D eigenvalue weighted by Crippen LogP contribution is 2.34. The SMILES string of the molecule is O=C(Nc1cccc(C(C(=O)O)C(=O)O)n1)C(OC1CCOCC1)c1ccc(S(=O)(=O)C2CC2)cc1. The highest BCUT2D eigenvalue weighted by molar-refractivity contribution is 7.92. The Bertz CT molecular complexity index is 1220. The molecule has 0 spiro atoms. The number of aliphatic carboxylic acids is 2. The van der Waals surface area contributed by atoms with E-state index in [1.165, 1.54) is 42.5 Å². The molecule has 11 nitrogen and oxygen atoms in total. The van der Waals surface area contributed by atoms with Gasteiger partial charge in [0, 0.05) is 13.2 Å². The highest BCUT2D eigenvalue weighted by Gasteiger charge is 2.37. The summed E-state index contributed by atoms with van der Waals surface area (Å²) >= 11 is 0. The number of nitrogens with zero attached hydrogens (tertiary/aromatic N) is 1. The molecule has 1 atom stereocenters. The summed E-state index contributed by atoms with van der Waals surface area (Å²) in [5.74, 6) is -5.72. The zero-order chi connectivity index (χ0) is 25.9. The normalized spacial score (nSPS) is 17.5. The van der Waals surface area contributed by atoms with Gasteiger partial charge in [0.05, 0.1) is 21.9 Å². The molecule has 1 aromatic heterocycles. The van der Waals surface area contributed by atoms with Crippen LogP contribution < -0.4 is 5.32 Å². The maximum Gasteiger partial charge on any atom is 0.324 e. The fourth-order valence-electron chi connectivity index (χ4n) is 3.93. The third kappa shape index (κ3) is 5.89. The lowest BCUT2D eigenvalue weighted by Crippen LogP contribution is -2.31. The van der Waals surface area contributed by atoms with Crippen LogP contribution in [0, 0.1) is 0 Å². The Balaban J connectivity index is 1.58. The third-order valence-corrected chi connectivity index (χ3v) is 8.30. The molecule has 3 N–H and O–H groups in total. The number of benzene rings is 1. The van der Waals surface area contributed by atoms with Gasteiger partial charge >= 0.3 is 11.9 Å². The molecule has 2 fully saturated rings. The number of hydrogen-bond acceptors (Lipinski definition) is 8. The van der Waals surface area contributed by atoms with Gasteiger partial charge in [0.1, 0.15) is 5.82 Å². The molecule has 192 valence electrons. The Hall–Kier alpha value is -3.35. The predicted octanol–water partition coefficient (Wildman–Crippen LogP) is 2.15. The van der Waals surface area contributed by atoms with Crippen molar-refractivity contribution in [1.29, 1.82) is 0 Å². The molecule has 2 heterocycles. The number of hydrogen-bond donors (Lipinski definition) is 3. The zero-order valence-electron chi connectivity index (χ0n) is 19.2. The van der Waals surface area contributed by atoms with Gasteiger partial charge in [-0.25, -0.2) is 13.4 Å². The number of aromatic nitrogens is 1. The smallest absolute Gasteiger partial charge is 0.324 e. The van der Waals surface area contributed by atoms with Gasteiger partial charge in [0.2, 0.25) is 0 Å². The Morgan fingerprint density at radius 1 is 0.972 bits per heavy atom. The Labute approximate surface area is 207 Å². The number of anilines is 1. The van der Waals surface area contributed by atoms with Gasteiger partial charge < -0.3 is 25.0 Å². The number of ether oxygens (including phenoxy) is 2. The molecule has 36 heavy (non-hydrogen) atoms. The number of carboxylic acids is 2. The van der Waals surface area contributed by atoms with E-state index in [4.69, 9.17) is 9.47 Å². The Morgan fingerprint density at radius 3 is 2.19 bits per heavy atom. The molecule has 4 rings (SSSR count). The number of rotatable bonds is 10. The molecule has 1 saturated heterocycles. The van der Waals surface area contributed by atoms with Crippen molar-refractivity contribution in [3.8, 4) is 0 Å². The van der Waals surface area contributed by atoms with Crippen molar-refractivity contribution in [3.05, 3.63) is 53.7 Å². The van der Waals surface area contributed by atoms with Crippen LogP contribution in [-0.4, -0.2) is 66.0 Å². The van der Waals surface area contributed by atoms with Crippen LogP contribution in [0.15, 0.2) is 47.4 Å². The summed E-state index contributed by atoms with van der Waals surface area (Å²) in [7, 11) is -3.40. The zero-order valence-corrected chi connectivity index (χ0v) is 20.0. The first-order valence-electron chi connectivity index (χ1n) is 11.5. The van der Waals surface area contributed by atoms with Gasteiger partial charge in [0.15, 0.2) is 21.9 Å². The maximum absolute atomic E-state index is 13.3. The molecule has 1 saturated carbocycles. The van der Waals surface area contributed by atoms with Gasteiger partial charge in [0.25, 0.3) is 5.91 Å². The molecule has 0 radical (unpaired) electrons. The molecule has 0 bridgehead atoms. The fourth-order valence-corrected chi connectivity index (χ4v) is 5.59. The van der Waals surface area contributed by atoms with Crippen LogP contribution in [0.25, 0.3) is 0 Å². The van der Waals surface area contributed by atoms with Crippen LogP contribution in [0.4, 0.5) is 5.82 Å². The van der Waals surface area contributed by atoms with Crippen molar-refractivity contribution in [2.75, 3.05) is 18.5 Å². The number of amides is 1. The van der Waals surface area contributed by atoms with E-state index in [-0.39, 0.29) is 27.8 Å². The summed E-state index contributed by atoms with van der Waals surface area (Å²) in [6, 6.07) is 10.0. The lowest BCUT2D eigenvalue weighted by molar-refractivity contribution is -0.150. The quantitative estimate of drug-likeness (QED) is 0.396. The fraction of sp³-hybridized carbons (Fsp3) is 0.417. The molecule has 1 aliphatic heterocycles. The van der Waals surface area contributed by atoms with Crippen LogP contribution >= 0.6 is 0 Å². The van der Waals surface area contributed by atoms with Crippen molar-refractivity contribution in [2.45, 2.75) is 54.0 Å².